The van der Waals surface area contributed by atoms with Crippen LogP contribution in [-0.2, 0) is 0 Å². The van der Waals surface area contributed by atoms with E-state index in [0.29, 0.717) is 17.4 Å². The number of hydrogen-bond acceptors (Lipinski definition) is 2. The molecule has 3 heteroatoms. The van der Waals surface area contributed by atoms with Crippen molar-refractivity contribution < 1.29 is 0 Å². The molecule has 88 valence electrons. The van der Waals surface area contributed by atoms with Crippen LogP contribution in [0.25, 0.3) is 0 Å². The highest BCUT2D eigenvalue weighted by Gasteiger charge is 2.20. The highest BCUT2D eigenvalue weighted by molar-refractivity contribution is 8.13. The lowest BCUT2D eigenvalue weighted by molar-refractivity contribution is 0.422. The summed E-state index contributed by atoms with van der Waals surface area (Å²) in [4.78, 5) is 4.66. The topological polar surface area (TPSA) is 24.4 Å². The average molecular weight is 228 g/mol. The summed E-state index contributed by atoms with van der Waals surface area (Å²) in [6.45, 7) is 12.1. The zero-order valence-corrected chi connectivity index (χ0v) is 11.4. The van der Waals surface area contributed by atoms with E-state index < -0.39 is 0 Å². The second-order valence-corrected chi connectivity index (χ2v) is 6.90. The van der Waals surface area contributed by atoms with Gasteiger partial charge in [-0.15, -0.1) is 0 Å². The number of hydrogen-bond donors (Lipinski definition) is 1. The van der Waals surface area contributed by atoms with Crippen molar-refractivity contribution in [1.29, 1.82) is 0 Å². The van der Waals surface area contributed by atoms with Gasteiger partial charge in [0.05, 0.1) is 0 Å². The fraction of sp³-hybridized carbons (Fsp3) is 0.917. The zero-order chi connectivity index (χ0) is 11.5. The van der Waals surface area contributed by atoms with E-state index >= 15 is 0 Å². The maximum Gasteiger partial charge on any atom is 0.156 e. The SMILES string of the molecule is CC(C)C1CCSC(=NCC(C)(C)C)N1. The minimum Gasteiger partial charge on any atom is -0.362 e. The lowest BCUT2D eigenvalue weighted by Crippen LogP contribution is -2.41. The summed E-state index contributed by atoms with van der Waals surface area (Å²) in [6.07, 6.45) is 1.26. The van der Waals surface area contributed by atoms with Crippen LogP contribution in [0.2, 0.25) is 0 Å². The van der Waals surface area contributed by atoms with Crippen LogP contribution >= 0.6 is 11.8 Å². The van der Waals surface area contributed by atoms with Crippen molar-refractivity contribution in [3.05, 3.63) is 0 Å². The minimum atomic E-state index is 0.292. The van der Waals surface area contributed by atoms with E-state index in [1.54, 1.807) is 0 Å². The fourth-order valence-corrected chi connectivity index (χ4v) is 2.41. The van der Waals surface area contributed by atoms with Crippen LogP contribution < -0.4 is 5.32 Å². The molecular weight excluding hydrogens is 204 g/mol. The molecule has 1 fully saturated rings. The van der Waals surface area contributed by atoms with Crippen molar-refractivity contribution in [1.82, 2.24) is 5.32 Å². The van der Waals surface area contributed by atoms with E-state index in [1.165, 1.54) is 12.2 Å². The predicted octanol–water partition coefficient (Wildman–Crippen LogP) is 3.14. The predicted molar refractivity (Wildman–Crippen MR) is 70.6 cm³/mol. The Morgan fingerprint density at radius 1 is 1.47 bits per heavy atom. The van der Waals surface area contributed by atoms with Gasteiger partial charge >= 0.3 is 0 Å². The largest absolute Gasteiger partial charge is 0.362 e. The number of aliphatic imine (C=N–C) groups is 1. The molecule has 0 aliphatic carbocycles. The van der Waals surface area contributed by atoms with Crippen molar-refractivity contribution in [2.75, 3.05) is 12.3 Å². The van der Waals surface area contributed by atoms with Gasteiger partial charge in [0.15, 0.2) is 5.17 Å². The van der Waals surface area contributed by atoms with Crippen molar-refractivity contribution in [3.8, 4) is 0 Å². The van der Waals surface area contributed by atoms with E-state index in [-0.39, 0.29) is 0 Å². The summed E-state index contributed by atoms with van der Waals surface area (Å²) in [5.74, 6) is 1.91. The van der Waals surface area contributed by atoms with Crippen LogP contribution in [0.4, 0.5) is 0 Å². The van der Waals surface area contributed by atoms with Crippen molar-refractivity contribution in [3.63, 3.8) is 0 Å². The summed E-state index contributed by atoms with van der Waals surface area (Å²) < 4.78 is 0. The molecule has 0 radical (unpaired) electrons. The third kappa shape index (κ3) is 4.92. The molecule has 0 amide bonds. The lowest BCUT2D eigenvalue weighted by atomic mass is 9.97. The van der Waals surface area contributed by atoms with Gasteiger partial charge in [0.25, 0.3) is 0 Å². The Hall–Kier alpha value is -0.180. The number of thioether (sulfide) groups is 1. The van der Waals surface area contributed by atoms with Gasteiger partial charge in [-0.2, -0.15) is 0 Å². The Bertz CT molecular complexity index is 228. The van der Waals surface area contributed by atoms with Crippen LogP contribution in [0.3, 0.4) is 0 Å². The Kier molecular flexibility index (Phi) is 4.50. The van der Waals surface area contributed by atoms with Gasteiger partial charge in [-0.1, -0.05) is 46.4 Å². The smallest absolute Gasteiger partial charge is 0.156 e. The normalized spacial score (nSPS) is 25.7. The highest BCUT2D eigenvalue weighted by atomic mass is 32.2. The van der Waals surface area contributed by atoms with Gasteiger partial charge in [0.2, 0.25) is 0 Å². The minimum absolute atomic E-state index is 0.292. The summed E-state index contributed by atoms with van der Waals surface area (Å²) in [6, 6.07) is 0.616. The van der Waals surface area contributed by atoms with E-state index in [2.05, 4.69) is 44.9 Å². The number of rotatable bonds is 2. The first-order chi connectivity index (χ1) is 6.88. The van der Waals surface area contributed by atoms with Gasteiger partial charge in [0, 0.05) is 18.3 Å². The van der Waals surface area contributed by atoms with Gasteiger partial charge in [-0.3, -0.25) is 4.99 Å². The molecule has 2 nitrogen and oxygen atoms in total. The van der Waals surface area contributed by atoms with Gasteiger partial charge in [0.1, 0.15) is 0 Å². The summed E-state index contributed by atoms with van der Waals surface area (Å²) in [5.41, 5.74) is 0.292. The Morgan fingerprint density at radius 3 is 2.67 bits per heavy atom. The number of amidine groups is 1. The van der Waals surface area contributed by atoms with E-state index in [9.17, 15) is 0 Å². The van der Waals surface area contributed by atoms with Crippen molar-refractivity contribution in [2.24, 2.45) is 16.3 Å². The molecule has 1 heterocycles. The Balaban J connectivity index is 2.49. The zero-order valence-electron chi connectivity index (χ0n) is 10.6. The first-order valence-corrected chi connectivity index (χ1v) is 6.81. The van der Waals surface area contributed by atoms with Gasteiger partial charge < -0.3 is 5.32 Å². The summed E-state index contributed by atoms with van der Waals surface area (Å²) in [7, 11) is 0. The van der Waals surface area contributed by atoms with Gasteiger partial charge in [-0.05, 0) is 17.8 Å². The first-order valence-electron chi connectivity index (χ1n) is 5.82. The summed E-state index contributed by atoms with van der Waals surface area (Å²) >= 11 is 1.86. The van der Waals surface area contributed by atoms with Crippen LogP contribution in [0, 0.1) is 11.3 Å². The molecule has 0 saturated carbocycles. The molecular formula is C12H24N2S. The monoisotopic (exact) mass is 228 g/mol. The van der Waals surface area contributed by atoms with Crippen LogP contribution in [-0.4, -0.2) is 23.5 Å². The van der Waals surface area contributed by atoms with Crippen molar-refractivity contribution >= 4 is 16.9 Å². The molecule has 1 atom stereocenters. The van der Waals surface area contributed by atoms with E-state index in [0.717, 1.165) is 11.7 Å². The Labute approximate surface area is 98.3 Å². The van der Waals surface area contributed by atoms with E-state index in [4.69, 9.17) is 0 Å². The standard InChI is InChI=1S/C12H24N2S/c1-9(2)10-6-7-15-11(14-10)13-8-12(3,4)5/h9-10H,6-8H2,1-5H3,(H,13,14). The molecule has 0 aromatic carbocycles. The lowest BCUT2D eigenvalue weighted by Gasteiger charge is -2.29. The highest BCUT2D eigenvalue weighted by Crippen LogP contribution is 2.20. The molecule has 1 saturated heterocycles. The van der Waals surface area contributed by atoms with Crippen LogP contribution in [0.5, 0.6) is 0 Å². The average Bonchev–Trinajstić information content (AvgIpc) is 2.14. The molecule has 1 rings (SSSR count). The van der Waals surface area contributed by atoms with Crippen molar-refractivity contribution in [2.45, 2.75) is 47.1 Å². The summed E-state index contributed by atoms with van der Waals surface area (Å²) in [5, 5.41) is 4.69. The molecule has 0 aromatic rings. The molecule has 0 bridgehead atoms. The molecule has 1 aliphatic rings. The molecule has 0 spiro atoms. The molecule has 1 aliphatic heterocycles. The third-order valence-electron chi connectivity index (χ3n) is 2.48. The molecule has 1 N–H and O–H groups in total. The first kappa shape index (κ1) is 12.9. The van der Waals surface area contributed by atoms with Crippen LogP contribution in [0.15, 0.2) is 4.99 Å². The molecule has 0 aromatic heterocycles. The molecule has 1 unspecified atom stereocenters. The van der Waals surface area contributed by atoms with Gasteiger partial charge in [-0.25, -0.2) is 0 Å². The maximum atomic E-state index is 4.66. The second-order valence-electron chi connectivity index (χ2n) is 5.81. The second kappa shape index (κ2) is 5.24. The third-order valence-corrected chi connectivity index (χ3v) is 3.44. The maximum absolute atomic E-state index is 4.66. The fourth-order valence-electron chi connectivity index (χ4n) is 1.46. The number of nitrogens with zero attached hydrogens (tertiary/aromatic N) is 1. The number of nitrogens with one attached hydrogen (secondary N) is 1. The Morgan fingerprint density at radius 2 is 2.13 bits per heavy atom. The van der Waals surface area contributed by atoms with E-state index in [1.807, 2.05) is 11.8 Å². The quantitative estimate of drug-likeness (QED) is 0.785. The molecule has 15 heavy (non-hydrogen) atoms. The van der Waals surface area contributed by atoms with Crippen LogP contribution in [0.1, 0.15) is 41.0 Å².